The number of likely N-dealkylation sites (tertiary alicyclic amines) is 1. The topological polar surface area (TPSA) is 67.2 Å². The van der Waals surface area contributed by atoms with Gasteiger partial charge in [-0.25, -0.2) is 9.37 Å². The minimum absolute atomic E-state index is 0.0105. The Morgan fingerprint density at radius 1 is 1.43 bits per heavy atom. The Labute approximate surface area is 168 Å². The number of nitrogens with zero attached hydrogens (tertiary/aromatic N) is 3. The van der Waals surface area contributed by atoms with E-state index in [9.17, 15) is 14.0 Å². The van der Waals surface area contributed by atoms with Crippen molar-refractivity contribution in [2.75, 3.05) is 25.4 Å². The molecule has 0 aliphatic carbocycles. The van der Waals surface area contributed by atoms with Crippen molar-refractivity contribution < 1.29 is 14.0 Å². The highest BCUT2D eigenvalue weighted by atomic mass is 32.2. The standard InChI is InChI=1S/C20H25FN4O2S/c1-24-11-8-23-20(24)28-12-9-22-19(27)16-5-6-18(26)25(14-16)10-7-15-3-2-4-17(21)13-15/h2-4,8,11,13,16H,5-7,9-10,12,14H2,1H3,(H,22,27). The molecule has 150 valence electrons. The molecule has 1 N–H and O–H groups in total. The first-order valence-electron chi connectivity index (χ1n) is 9.43. The first-order valence-corrected chi connectivity index (χ1v) is 10.4. The van der Waals surface area contributed by atoms with Crippen molar-refractivity contribution in [3.63, 3.8) is 0 Å². The number of piperidine rings is 1. The van der Waals surface area contributed by atoms with Crippen molar-refractivity contribution in [1.29, 1.82) is 0 Å². The van der Waals surface area contributed by atoms with Gasteiger partial charge in [0.25, 0.3) is 0 Å². The van der Waals surface area contributed by atoms with E-state index in [0.717, 1.165) is 16.5 Å². The predicted octanol–water partition coefficient (Wildman–Crippen LogP) is 2.25. The molecule has 0 radical (unpaired) electrons. The summed E-state index contributed by atoms with van der Waals surface area (Å²) >= 11 is 1.59. The average Bonchev–Trinajstić information content (AvgIpc) is 3.09. The lowest BCUT2D eigenvalue weighted by Gasteiger charge is -2.32. The molecule has 1 atom stereocenters. The van der Waals surface area contributed by atoms with Crippen molar-refractivity contribution in [3.8, 4) is 0 Å². The number of halogens is 1. The van der Waals surface area contributed by atoms with E-state index in [2.05, 4.69) is 10.3 Å². The van der Waals surface area contributed by atoms with E-state index >= 15 is 0 Å². The number of benzene rings is 1. The van der Waals surface area contributed by atoms with Gasteiger partial charge in [-0.3, -0.25) is 9.59 Å². The van der Waals surface area contributed by atoms with Crippen LogP contribution >= 0.6 is 11.8 Å². The maximum Gasteiger partial charge on any atom is 0.224 e. The summed E-state index contributed by atoms with van der Waals surface area (Å²) in [5.41, 5.74) is 0.852. The molecule has 1 aromatic heterocycles. The number of rotatable bonds is 8. The van der Waals surface area contributed by atoms with Crippen LogP contribution in [0.3, 0.4) is 0 Å². The van der Waals surface area contributed by atoms with Gasteiger partial charge in [-0.05, 0) is 30.5 Å². The minimum atomic E-state index is -0.275. The van der Waals surface area contributed by atoms with Crippen LogP contribution in [0.25, 0.3) is 0 Å². The third kappa shape index (κ3) is 5.58. The fourth-order valence-corrected chi connectivity index (χ4v) is 4.04. The van der Waals surface area contributed by atoms with Crippen molar-refractivity contribution in [2.45, 2.75) is 24.4 Å². The number of hydrogen-bond acceptors (Lipinski definition) is 4. The van der Waals surface area contributed by atoms with Crippen molar-refractivity contribution in [2.24, 2.45) is 13.0 Å². The number of amides is 2. The van der Waals surface area contributed by atoms with Crippen LogP contribution < -0.4 is 5.32 Å². The quantitative estimate of drug-likeness (QED) is 0.541. The van der Waals surface area contributed by atoms with Crippen LogP contribution in [-0.2, 0) is 23.1 Å². The Hall–Kier alpha value is -2.35. The molecule has 1 fully saturated rings. The number of nitrogens with one attached hydrogen (secondary N) is 1. The molecule has 1 aromatic carbocycles. The molecule has 1 saturated heterocycles. The highest BCUT2D eigenvalue weighted by molar-refractivity contribution is 7.99. The van der Waals surface area contributed by atoms with Crippen molar-refractivity contribution in [1.82, 2.24) is 19.8 Å². The van der Waals surface area contributed by atoms with E-state index in [-0.39, 0.29) is 23.5 Å². The zero-order valence-electron chi connectivity index (χ0n) is 15.9. The molecule has 2 aromatic rings. The van der Waals surface area contributed by atoms with Crippen LogP contribution in [0.5, 0.6) is 0 Å². The van der Waals surface area contributed by atoms with Crippen LogP contribution in [0.4, 0.5) is 4.39 Å². The lowest BCUT2D eigenvalue weighted by Crippen LogP contribution is -2.46. The van der Waals surface area contributed by atoms with E-state index in [4.69, 9.17) is 0 Å². The van der Waals surface area contributed by atoms with E-state index < -0.39 is 0 Å². The first kappa shape index (κ1) is 20.4. The Bertz CT molecular complexity index is 826. The lowest BCUT2D eigenvalue weighted by molar-refractivity contribution is -0.138. The first-order chi connectivity index (χ1) is 13.5. The second kappa shape index (κ2) is 9.73. The third-order valence-electron chi connectivity index (χ3n) is 4.84. The summed E-state index contributed by atoms with van der Waals surface area (Å²) in [4.78, 5) is 30.6. The van der Waals surface area contributed by atoms with Gasteiger partial charge in [0, 0.05) is 51.2 Å². The predicted molar refractivity (Wildman–Crippen MR) is 106 cm³/mol. The molecule has 0 saturated carbocycles. The van der Waals surface area contributed by atoms with Gasteiger partial charge in [-0.15, -0.1) is 0 Å². The Morgan fingerprint density at radius 3 is 3.04 bits per heavy atom. The molecule has 0 bridgehead atoms. The number of thioether (sulfide) groups is 1. The summed E-state index contributed by atoms with van der Waals surface area (Å²) in [6.45, 7) is 1.48. The van der Waals surface area contributed by atoms with Gasteiger partial charge < -0.3 is 14.8 Å². The van der Waals surface area contributed by atoms with Crippen molar-refractivity contribution >= 4 is 23.6 Å². The van der Waals surface area contributed by atoms with Crippen LogP contribution in [-0.4, -0.2) is 51.7 Å². The summed E-state index contributed by atoms with van der Waals surface area (Å²) in [6.07, 6.45) is 5.17. The van der Waals surface area contributed by atoms with Crippen LogP contribution in [0.2, 0.25) is 0 Å². The molecule has 1 aliphatic rings. The zero-order valence-corrected chi connectivity index (χ0v) is 16.8. The smallest absolute Gasteiger partial charge is 0.224 e. The second-order valence-corrected chi connectivity index (χ2v) is 7.98. The molecule has 6 nitrogen and oxygen atoms in total. The largest absolute Gasteiger partial charge is 0.355 e. The number of aryl methyl sites for hydroxylation is 1. The van der Waals surface area contributed by atoms with Crippen molar-refractivity contribution in [3.05, 3.63) is 48.0 Å². The molecular formula is C20H25FN4O2S. The average molecular weight is 405 g/mol. The second-order valence-electron chi connectivity index (χ2n) is 6.92. The molecule has 2 amide bonds. The van der Waals surface area contributed by atoms with Gasteiger partial charge in [0.1, 0.15) is 5.82 Å². The highest BCUT2D eigenvalue weighted by Crippen LogP contribution is 2.19. The Balaban J connectivity index is 1.43. The molecule has 1 unspecified atom stereocenters. The van der Waals surface area contributed by atoms with E-state index in [0.29, 0.717) is 38.9 Å². The number of carbonyl (C=O) groups excluding carboxylic acids is 2. The van der Waals surface area contributed by atoms with Gasteiger partial charge in [-0.1, -0.05) is 23.9 Å². The van der Waals surface area contributed by atoms with Gasteiger partial charge in [0.05, 0.1) is 5.92 Å². The lowest BCUT2D eigenvalue weighted by atomic mass is 9.96. The van der Waals surface area contributed by atoms with Crippen LogP contribution in [0.15, 0.2) is 41.8 Å². The molecule has 1 aliphatic heterocycles. The minimum Gasteiger partial charge on any atom is -0.355 e. The van der Waals surface area contributed by atoms with Gasteiger partial charge in [-0.2, -0.15) is 0 Å². The van der Waals surface area contributed by atoms with E-state index in [1.54, 1.807) is 28.9 Å². The third-order valence-corrected chi connectivity index (χ3v) is 5.90. The number of hydrogen-bond donors (Lipinski definition) is 1. The zero-order chi connectivity index (χ0) is 19.9. The number of aromatic nitrogens is 2. The fourth-order valence-electron chi connectivity index (χ4n) is 3.25. The molecule has 2 heterocycles. The van der Waals surface area contributed by atoms with E-state index in [1.165, 1.54) is 12.1 Å². The van der Waals surface area contributed by atoms with E-state index in [1.807, 2.05) is 23.9 Å². The fraction of sp³-hybridized carbons (Fsp3) is 0.450. The molecule has 8 heteroatoms. The number of imidazole rings is 1. The van der Waals surface area contributed by atoms with Crippen LogP contribution in [0.1, 0.15) is 18.4 Å². The van der Waals surface area contributed by atoms with Crippen LogP contribution in [0, 0.1) is 11.7 Å². The SMILES string of the molecule is Cn1ccnc1SCCNC(=O)C1CCC(=O)N(CCc2cccc(F)c2)C1. The molecule has 0 spiro atoms. The normalized spacial score (nSPS) is 17.0. The van der Waals surface area contributed by atoms with Gasteiger partial charge >= 0.3 is 0 Å². The Morgan fingerprint density at radius 2 is 2.29 bits per heavy atom. The monoisotopic (exact) mass is 404 g/mol. The Kier molecular flexibility index (Phi) is 7.08. The summed E-state index contributed by atoms with van der Waals surface area (Å²) in [5.74, 6) is 0.326. The van der Waals surface area contributed by atoms with Gasteiger partial charge in [0.15, 0.2) is 5.16 Å². The molecular weight excluding hydrogens is 379 g/mol. The summed E-state index contributed by atoms with van der Waals surface area (Å²) in [6, 6.07) is 6.41. The van der Waals surface area contributed by atoms with Gasteiger partial charge in [0.2, 0.25) is 11.8 Å². The molecule has 3 rings (SSSR count). The summed E-state index contributed by atoms with van der Waals surface area (Å²) in [5, 5.41) is 3.88. The molecule has 28 heavy (non-hydrogen) atoms. The highest BCUT2D eigenvalue weighted by Gasteiger charge is 2.29. The maximum atomic E-state index is 13.3. The maximum absolute atomic E-state index is 13.3. The summed E-state index contributed by atoms with van der Waals surface area (Å²) < 4.78 is 15.2. The number of carbonyl (C=O) groups is 2. The summed E-state index contributed by atoms with van der Waals surface area (Å²) in [7, 11) is 1.94.